The molecule has 0 atom stereocenters. The quantitative estimate of drug-likeness (QED) is 0.471. The zero-order chi connectivity index (χ0) is 25.0. The Hall–Kier alpha value is -2.99. The smallest absolute Gasteiger partial charge is 0.257 e. The van der Waals surface area contributed by atoms with E-state index in [9.17, 15) is 9.18 Å². The normalized spacial score (nSPS) is 29.1. The number of amides is 1. The summed E-state index contributed by atoms with van der Waals surface area (Å²) in [6.45, 7) is 3.40. The number of carbonyl (C=O) groups is 1. The van der Waals surface area contributed by atoms with E-state index >= 15 is 0 Å². The van der Waals surface area contributed by atoms with Crippen LogP contribution in [0.4, 0.5) is 4.39 Å². The zero-order valence-electron chi connectivity index (χ0n) is 21.4. The molecule has 4 saturated carbocycles. The fourth-order valence-electron chi connectivity index (χ4n) is 8.18. The van der Waals surface area contributed by atoms with Gasteiger partial charge in [0.15, 0.2) is 0 Å². The van der Waals surface area contributed by atoms with Crippen LogP contribution in [0.5, 0.6) is 0 Å². The molecule has 2 heterocycles. The number of hydrogen-bond donors (Lipinski definition) is 0. The van der Waals surface area contributed by atoms with Crippen LogP contribution in [0.15, 0.2) is 60.8 Å². The number of piperazine rings is 1. The number of nitrogens with zero attached hydrogens (tertiary/aromatic N) is 4. The van der Waals surface area contributed by atoms with E-state index in [1.54, 1.807) is 6.07 Å². The molecule has 3 aromatic rings. The largest absolute Gasteiger partial charge is 0.336 e. The first-order valence-electron chi connectivity index (χ1n) is 14.0. The van der Waals surface area contributed by atoms with Gasteiger partial charge in [0.2, 0.25) is 0 Å². The van der Waals surface area contributed by atoms with Crippen LogP contribution in [-0.4, -0.2) is 51.7 Å². The SMILES string of the molecule is O=C(c1cn(-c2ccccc2)nc1C12CC3CC(CC(C3)C1)C2)N1CCN(Cc2ccccc2F)CC1. The summed E-state index contributed by atoms with van der Waals surface area (Å²) in [5, 5.41) is 5.18. The van der Waals surface area contributed by atoms with E-state index in [2.05, 4.69) is 17.0 Å². The van der Waals surface area contributed by atoms with E-state index in [0.717, 1.165) is 53.4 Å². The average Bonchev–Trinajstić information content (AvgIpc) is 3.37. The van der Waals surface area contributed by atoms with Crippen LogP contribution >= 0.6 is 0 Å². The lowest BCUT2D eigenvalue weighted by atomic mass is 9.48. The molecule has 1 amide bonds. The zero-order valence-corrected chi connectivity index (χ0v) is 21.4. The second kappa shape index (κ2) is 9.09. The van der Waals surface area contributed by atoms with Crippen molar-refractivity contribution in [3.8, 4) is 5.69 Å². The molecule has 5 nitrogen and oxygen atoms in total. The predicted molar refractivity (Wildman–Crippen MR) is 141 cm³/mol. The third-order valence-corrected chi connectivity index (χ3v) is 9.52. The third-order valence-electron chi connectivity index (χ3n) is 9.52. The van der Waals surface area contributed by atoms with Gasteiger partial charge in [-0.1, -0.05) is 36.4 Å². The summed E-state index contributed by atoms with van der Waals surface area (Å²) in [6, 6.07) is 17.2. The summed E-state index contributed by atoms with van der Waals surface area (Å²) < 4.78 is 16.1. The maximum Gasteiger partial charge on any atom is 0.257 e. The Balaban J connectivity index is 1.16. The molecule has 5 aliphatic rings. The fraction of sp³-hybridized carbons (Fsp3) is 0.484. The van der Waals surface area contributed by atoms with Gasteiger partial charge in [-0.3, -0.25) is 9.69 Å². The lowest BCUT2D eigenvalue weighted by Gasteiger charge is -2.56. The number of halogens is 1. The van der Waals surface area contributed by atoms with Crippen molar-refractivity contribution in [1.29, 1.82) is 0 Å². The molecule has 37 heavy (non-hydrogen) atoms. The van der Waals surface area contributed by atoms with Crippen molar-refractivity contribution >= 4 is 5.91 Å². The molecular weight excluding hydrogens is 463 g/mol. The molecular formula is C31H35FN4O. The molecule has 0 N–H and O–H groups in total. The summed E-state index contributed by atoms with van der Waals surface area (Å²) in [4.78, 5) is 18.3. The highest BCUT2D eigenvalue weighted by Gasteiger charge is 2.54. The maximum absolute atomic E-state index is 14.2. The number of para-hydroxylation sites is 1. The van der Waals surface area contributed by atoms with Crippen molar-refractivity contribution in [2.45, 2.75) is 50.5 Å². The first kappa shape index (κ1) is 23.2. The van der Waals surface area contributed by atoms with Gasteiger partial charge >= 0.3 is 0 Å². The minimum atomic E-state index is -0.158. The Morgan fingerprint density at radius 2 is 1.49 bits per heavy atom. The highest BCUT2D eigenvalue weighted by Crippen LogP contribution is 2.61. The number of aromatic nitrogens is 2. The molecule has 0 radical (unpaired) electrons. The van der Waals surface area contributed by atoms with E-state index in [0.29, 0.717) is 19.6 Å². The van der Waals surface area contributed by atoms with Gasteiger partial charge in [-0.2, -0.15) is 5.10 Å². The standard InChI is InChI=1S/C31H35FN4O/c32-28-9-5-4-6-25(28)20-34-10-12-35(13-11-34)30(37)27-21-36(26-7-2-1-3-8-26)33-29(27)31-17-22-14-23(18-31)16-24(15-22)19-31/h1-9,21-24H,10-20H2. The van der Waals surface area contributed by atoms with Gasteiger partial charge in [-0.25, -0.2) is 9.07 Å². The van der Waals surface area contributed by atoms with Gasteiger partial charge < -0.3 is 4.90 Å². The van der Waals surface area contributed by atoms with E-state index < -0.39 is 0 Å². The van der Waals surface area contributed by atoms with Crippen LogP contribution in [0.1, 0.15) is 60.1 Å². The monoisotopic (exact) mass is 498 g/mol. The summed E-state index contributed by atoms with van der Waals surface area (Å²) in [5.74, 6) is 2.32. The van der Waals surface area contributed by atoms with Gasteiger partial charge in [0.1, 0.15) is 5.82 Å². The minimum absolute atomic E-state index is 0.0480. The summed E-state index contributed by atoms with van der Waals surface area (Å²) in [7, 11) is 0. The lowest BCUT2D eigenvalue weighted by molar-refractivity contribution is -0.00793. The van der Waals surface area contributed by atoms with Gasteiger partial charge in [0, 0.05) is 49.9 Å². The molecule has 8 rings (SSSR count). The van der Waals surface area contributed by atoms with Gasteiger partial charge in [0.05, 0.1) is 16.9 Å². The molecule has 0 unspecified atom stereocenters. The molecule has 192 valence electrons. The molecule has 1 aliphatic heterocycles. The number of rotatable bonds is 5. The molecule has 5 fully saturated rings. The minimum Gasteiger partial charge on any atom is -0.336 e. The number of hydrogen-bond acceptors (Lipinski definition) is 3. The van der Waals surface area contributed by atoms with Gasteiger partial charge in [0.25, 0.3) is 5.91 Å². The Labute approximate surface area is 218 Å². The molecule has 0 spiro atoms. The highest BCUT2D eigenvalue weighted by atomic mass is 19.1. The van der Waals surface area contributed by atoms with Crippen molar-refractivity contribution in [1.82, 2.24) is 19.6 Å². The Morgan fingerprint density at radius 3 is 2.14 bits per heavy atom. The van der Waals surface area contributed by atoms with Crippen LogP contribution in [0.3, 0.4) is 0 Å². The second-order valence-electron chi connectivity index (χ2n) is 12.0. The summed E-state index contributed by atoms with van der Waals surface area (Å²) in [5.41, 5.74) is 3.62. The fourth-order valence-corrected chi connectivity index (χ4v) is 8.18. The van der Waals surface area contributed by atoms with Gasteiger partial charge in [-0.15, -0.1) is 0 Å². The molecule has 2 aromatic carbocycles. The van der Waals surface area contributed by atoms with Crippen LogP contribution in [0.2, 0.25) is 0 Å². The average molecular weight is 499 g/mol. The highest BCUT2D eigenvalue weighted by molar-refractivity contribution is 5.95. The van der Waals surface area contributed by atoms with Crippen molar-refractivity contribution in [3.05, 3.63) is 83.4 Å². The molecule has 1 saturated heterocycles. The first-order chi connectivity index (χ1) is 18.1. The molecule has 4 aliphatic carbocycles. The topological polar surface area (TPSA) is 41.4 Å². The van der Waals surface area contributed by atoms with Crippen LogP contribution in [0, 0.1) is 23.6 Å². The second-order valence-corrected chi connectivity index (χ2v) is 12.0. The summed E-state index contributed by atoms with van der Waals surface area (Å²) >= 11 is 0. The molecule has 6 heteroatoms. The van der Waals surface area contributed by atoms with Crippen LogP contribution in [-0.2, 0) is 12.0 Å². The predicted octanol–water partition coefficient (Wildman–Crippen LogP) is 5.44. The van der Waals surface area contributed by atoms with Crippen molar-refractivity contribution < 1.29 is 9.18 Å². The number of carbonyl (C=O) groups excluding carboxylic acids is 1. The van der Waals surface area contributed by atoms with Crippen molar-refractivity contribution in [2.24, 2.45) is 17.8 Å². The molecule has 1 aromatic heterocycles. The van der Waals surface area contributed by atoms with E-state index in [-0.39, 0.29) is 17.1 Å². The van der Waals surface area contributed by atoms with Gasteiger partial charge in [-0.05, 0) is 74.5 Å². The van der Waals surface area contributed by atoms with E-state index in [4.69, 9.17) is 5.10 Å². The van der Waals surface area contributed by atoms with E-state index in [1.165, 1.54) is 44.6 Å². The Bertz CT molecular complexity index is 1260. The maximum atomic E-state index is 14.2. The van der Waals surface area contributed by atoms with Crippen molar-refractivity contribution in [3.63, 3.8) is 0 Å². The Kier molecular flexibility index (Phi) is 5.69. The molecule has 4 bridgehead atoms. The lowest BCUT2D eigenvalue weighted by Crippen LogP contribution is -2.51. The van der Waals surface area contributed by atoms with Crippen LogP contribution in [0.25, 0.3) is 5.69 Å². The van der Waals surface area contributed by atoms with Crippen LogP contribution < -0.4 is 0 Å². The Morgan fingerprint density at radius 1 is 0.865 bits per heavy atom. The van der Waals surface area contributed by atoms with E-state index in [1.807, 2.05) is 46.1 Å². The summed E-state index contributed by atoms with van der Waals surface area (Å²) in [6.07, 6.45) is 9.64. The first-order valence-corrected chi connectivity index (χ1v) is 14.0. The third kappa shape index (κ3) is 4.19. The van der Waals surface area contributed by atoms with Crippen molar-refractivity contribution in [2.75, 3.05) is 26.2 Å². The number of benzene rings is 2.